The van der Waals surface area contributed by atoms with Crippen LogP contribution < -0.4 is 5.73 Å². The highest BCUT2D eigenvalue weighted by Gasteiger charge is 2.38. The molecule has 1 aromatic carbocycles. The van der Waals surface area contributed by atoms with Gasteiger partial charge >= 0.3 is 5.97 Å². The zero-order valence-electron chi connectivity index (χ0n) is 16.1. The summed E-state index contributed by atoms with van der Waals surface area (Å²) < 4.78 is 0. The van der Waals surface area contributed by atoms with Gasteiger partial charge in [-0.3, -0.25) is 4.79 Å². The average Bonchev–Trinajstić information content (AvgIpc) is 3.24. The van der Waals surface area contributed by atoms with E-state index in [1.54, 1.807) is 24.3 Å². The van der Waals surface area contributed by atoms with Crippen molar-refractivity contribution in [2.24, 2.45) is 11.7 Å². The number of benzene rings is 1. The highest BCUT2D eigenvalue weighted by atomic mass is 16.4. The first-order chi connectivity index (χ1) is 13.5. The molecule has 1 amide bonds. The monoisotopic (exact) mass is 385 g/mol. The predicted molar refractivity (Wildman–Crippen MR) is 106 cm³/mol. The van der Waals surface area contributed by atoms with Crippen molar-refractivity contribution in [3.8, 4) is 6.07 Å². The average molecular weight is 385 g/mol. The Labute approximate surface area is 166 Å². The van der Waals surface area contributed by atoms with Gasteiger partial charge in [0.2, 0.25) is 5.91 Å². The van der Waals surface area contributed by atoms with Crippen LogP contribution in [0.5, 0.6) is 0 Å². The maximum absolute atomic E-state index is 12.3. The Morgan fingerprint density at radius 1 is 1.18 bits per heavy atom. The van der Waals surface area contributed by atoms with Crippen LogP contribution >= 0.6 is 0 Å². The van der Waals surface area contributed by atoms with Crippen LogP contribution in [0.25, 0.3) is 5.73 Å². The minimum atomic E-state index is -0.906. The van der Waals surface area contributed by atoms with E-state index in [0.717, 1.165) is 37.7 Å². The standard InChI is InChI=1S/C13H22N2O3.C8H7N2/c14-11(9-5-2-1-3-6-9)12(16)15-8-4-7-10(15)13(17)18;9-5-7-1-2-8(6-10)4-3-7/h9-11H,1-8,14H2,(H,17,18);1-4,9H,5H2/q;-1/t10-,11+;/m0./s1. The van der Waals surface area contributed by atoms with E-state index in [1.165, 1.54) is 11.3 Å². The maximum Gasteiger partial charge on any atom is 0.326 e. The quantitative estimate of drug-likeness (QED) is 0.822. The summed E-state index contributed by atoms with van der Waals surface area (Å²) >= 11 is 0. The van der Waals surface area contributed by atoms with Crippen molar-refractivity contribution in [1.29, 1.82) is 5.26 Å². The highest BCUT2D eigenvalue weighted by molar-refractivity contribution is 5.87. The number of nitrogens with two attached hydrogens (primary N) is 1. The molecule has 0 spiro atoms. The number of likely N-dealkylation sites (tertiary alicyclic amines) is 1. The Balaban J connectivity index is 0.000000237. The molecule has 1 saturated carbocycles. The van der Waals surface area contributed by atoms with Crippen LogP contribution in [-0.4, -0.2) is 40.5 Å². The molecule has 28 heavy (non-hydrogen) atoms. The lowest BCUT2D eigenvalue weighted by Crippen LogP contribution is -2.51. The number of carbonyl (C=O) groups excluding carboxylic acids is 1. The minimum absolute atomic E-state index is 0.160. The lowest BCUT2D eigenvalue weighted by molar-refractivity contribution is -0.149. The van der Waals surface area contributed by atoms with E-state index in [0.29, 0.717) is 18.5 Å². The summed E-state index contributed by atoms with van der Waals surface area (Å²) in [6.45, 7) is 0.821. The number of hydrogen-bond acceptors (Lipinski definition) is 4. The number of aliphatic carboxylic acids is 1. The van der Waals surface area contributed by atoms with E-state index in [-0.39, 0.29) is 18.4 Å². The zero-order valence-corrected chi connectivity index (χ0v) is 16.1. The van der Waals surface area contributed by atoms with E-state index in [1.807, 2.05) is 6.07 Å². The second-order valence-electron chi connectivity index (χ2n) is 7.44. The van der Waals surface area contributed by atoms with Crippen LogP contribution in [0.2, 0.25) is 0 Å². The Morgan fingerprint density at radius 3 is 2.36 bits per heavy atom. The van der Waals surface area contributed by atoms with Crippen molar-refractivity contribution < 1.29 is 14.7 Å². The van der Waals surface area contributed by atoms with E-state index in [4.69, 9.17) is 21.8 Å². The molecule has 0 bridgehead atoms. The summed E-state index contributed by atoms with van der Waals surface area (Å²) in [5.41, 5.74) is 14.6. The third-order valence-corrected chi connectivity index (χ3v) is 5.55. The predicted octanol–water partition coefficient (Wildman–Crippen LogP) is 3.08. The first-order valence-electron chi connectivity index (χ1n) is 9.90. The van der Waals surface area contributed by atoms with Gasteiger partial charge in [0.25, 0.3) is 0 Å². The lowest BCUT2D eigenvalue weighted by Gasteiger charge is -2.31. The van der Waals surface area contributed by atoms with Crippen LogP contribution in [0.3, 0.4) is 0 Å². The van der Waals surface area contributed by atoms with Crippen molar-refractivity contribution in [3.05, 3.63) is 41.1 Å². The number of carbonyl (C=O) groups is 2. The molecule has 7 nitrogen and oxygen atoms in total. The first kappa shape index (κ1) is 21.9. The Morgan fingerprint density at radius 2 is 1.82 bits per heavy atom. The number of hydrogen-bond donors (Lipinski definition) is 2. The van der Waals surface area contributed by atoms with Crippen LogP contribution in [0.15, 0.2) is 24.3 Å². The fourth-order valence-electron chi connectivity index (χ4n) is 3.87. The Kier molecular flexibility index (Phi) is 8.42. The molecule has 1 aliphatic heterocycles. The zero-order chi connectivity index (χ0) is 20.5. The summed E-state index contributed by atoms with van der Waals surface area (Å²) in [5.74, 6) is -0.829. The van der Waals surface area contributed by atoms with E-state index in [2.05, 4.69) is 0 Å². The first-order valence-corrected chi connectivity index (χ1v) is 9.90. The number of amides is 1. The van der Waals surface area contributed by atoms with Crippen molar-refractivity contribution >= 4 is 11.9 Å². The van der Waals surface area contributed by atoms with Gasteiger partial charge in [-0.25, -0.2) is 4.79 Å². The molecular formula is C21H29N4O3-. The second kappa shape index (κ2) is 10.8. The Hall–Kier alpha value is -2.43. The molecule has 0 unspecified atom stereocenters. The van der Waals surface area contributed by atoms with Crippen molar-refractivity contribution in [1.82, 2.24) is 4.90 Å². The van der Waals surface area contributed by atoms with Crippen molar-refractivity contribution in [2.75, 3.05) is 6.54 Å². The fraction of sp³-hybridized carbons (Fsp3) is 0.571. The van der Waals surface area contributed by atoms with Crippen molar-refractivity contribution in [3.63, 3.8) is 0 Å². The smallest absolute Gasteiger partial charge is 0.326 e. The molecule has 4 N–H and O–H groups in total. The summed E-state index contributed by atoms with van der Waals surface area (Å²) in [7, 11) is 0. The van der Waals surface area contributed by atoms with E-state index >= 15 is 0 Å². The third kappa shape index (κ3) is 5.78. The molecular weight excluding hydrogens is 356 g/mol. The van der Waals surface area contributed by atoms with Gasteiger partial charge in [0.1, 0.15) is 6.04 Å². The lowest BCUT2D eigenvalue weighted by atomic mass is 9.83. The molecule has 1 aromatic rings. The summed E-state index contributed by atoms with van der Waals surface area (Å²) in [6.07, 6.45) is 6.80. The van der Waals surface area contributed by atoms with Crippen LogP contribution in [-0.2, 0) is 16.1 Å². The van der Waals surface area contributed by atoms with E-state index in [9.17, 15) is 9.59 Å². The van der Waals surface area contributed by atoms with Crippen LogP contribution in [0.4, 0.5) is 0 Å². The number of nitriles is 1. The molecule has 0 radical (unpaired) electrons. The summed E-state index contributed by atoms with van der Waals surface area (Å²) in [6, 6.07) is 7.89. The van der Waals surface area contributed by atoms with Gasteiger partial charge in [-0.05, 0) is 43.7 Å². The minimum Gasteiger partial charge on any atom is -0.674 e. The van der Waals surface area contributed by atoms with Crippen molar-refractivity contribution in [2.45, 2.75) is 63.6 Å². The number of rotatable bonds is 4. The molecule has 1 heterocycles. The number of carboxylic acid groups (broad SMARTS) is 1. The molecule has 0 aromatic heterocycles. The number of nitrogens with zero attached hydrogens (tertiary/aromatic N) is 2. The highest BCUT2D eigenvalue weighted by Crippen LogP contribution is 2.28. The summed E-state index contributed by atoms with van der Waals surface area (Å²) in [4.78, 5) is 24.9. The Bertz CT molecular complexity index is 693. The molecule has 2 atom stereocenters. The molecule has 152 valence electrons. The summed E-state index contributed by atoms with van der Waals surface area (Å²) in [5, 5.41) is 17.5. The van der Waals surface area contributed by atoms with Crippen LogP contribution in [0.1, 0.15) is 56.1 Å². The van der Waals surface area contributed by atoms with Gasteiger partial charge in [0.05, 0.1) is 17.7 Å². The van der Waals surface area contributed by atoms with E-state index < -0.39 is 18.1 Å². The fourth-order valence-corrected chi connectivity index (χ4v) is 3.87. The van der Waals surface area contributed by atoms with Gasteiger partial charge < -0.3 is 21.5 Å². The third-order valence-electron chi connectivity index (χ3n) is 5.55. The van der Waals surface area contributed by atoms with Gasteiger partial charge in [0, 0.05) is 6.54 Å². The van der Waals surface area contributed by atoms with Gasteiger partial charge in [-0.1, -0.05) is 37.0 Å². The SMILES string of the molecule is N#Cc1ccc(C[NH-])cc1.N[C@@H](C(=O)N1CCC[C@H]1C(=O)O)C1CCCCC1. The maximum atomic E-state index is 12.3. The van der Waals surface area contributed by atoms with Gasteiger partial charge in [-0.15, -0.1) is 6.54 Å². The normalized spacial score (nSPS) is 20.6. The molecule has 7 heteroatoms. The van der Waals surface area contributed by atoms with Gasteiger partial charge in [0.15, 0.2) is 0 Å². The topological polar surface area (TPSA) is 131 Å². The second-order valence-corrected chi connectivity index (χ2v) is 7.44. The van der Waals surface area contributed by atoms with Crippen LogP contribution in [0, 0.1) is 17.2 Å². The number of nitrogens with one attached hydrogen (secondary N) is 1. The molecule has 2 aliphatic rings. The molecule has 2 fully saturated rings. The molecule has 1 aliphatic carbocycles. The number of carboxylic acids is 1. The molecule has 3 rings (SSSR count). The molecule has 1 saturated heterocycles. The largest absolute Gasteiger partial charge is 0.674 e. The van der Waals surface area contributed by atoms with Gasteiger partial charge in [-0.2, -0.15) is 5.26 Å².